The molecule has 2 atom stereocenters. The van der Waals surface area contributed by atoms with E-state index < -0.39 is 0 Å². The molecule has 0 nitrogen and oxygen atoms in total. The van der Waals surface area contributed by atoms with Gasteiger partial charge in [-0.05, 0) is 25.0 Å². The Morgan fingerprint density at radius 3 is 2.82 bits per heavy atom. The Labute approximate surface area is 78.9 Å². The van der Waals surface area contributed by atoms with E-state index in [9.17, 15) is 0 Å². The average molecular weight is 190 g/mol. The third-order valence-corrected chi connectivity index (χ3v) is 4.70. The van der Waals surface area contributed by atoms with Crippen LogP contribution in [-0.2, 0) is 0 Å². The van der Waals surface area contributed by atoms with E-state index in [0.29, 0.717) is 0 Å². The van der Waals surface area contributed by atoms with Crippen molar-refractivity contribution in [3.8, 4) is 0 Å². The normalized spacial score (nSPS) is 32.2. The monoisotopic (exact) mass is 190 g/mol. The van der Waals surface area contributed by atoms with Crippen molar-refractivity contribution in [1.29, 1.82) is 0 Å². The van der Waals surface area contributed by atoms with Crippen LogP contribution in [0, 0.1) is 5.92 Å². The Bertz CT molecular complexity index is 104. The molecule has 0 amide bonds. The Balaban J connectivity index is 2.12. The summed E-state index contributed by atoms with van der Waals surface area (Å²) in [4.78, 5) is 0. The zero-order chi connectivity index (χ0) is 8.10. The van der Waals surface area contributed by atoms with Gasteiger partial charge in [-0.1, -0.05) is 19.8 Å². The quantitative estimate of drug-likeness (QED) is 0.623. The lowest BCUT2D eigenvalue weighted by Crippen LogP contribution is -2.15. The van der Waals surface area contributed by atoms with Crippen molar-refractivity contribution in [2.45, 2.75) is 37.9 Å². The second-order valence-electron chi connectivity index (χ2n) is 3.47. The van der Waals surface area contributed by atoms with Crippen LogP contribution in [-0.4, -0.2) is 16.6 Å². The van der Waals surface area contributed by atoms with Crippen LogP contribution in [0.5, 0.6) is 0 Å². The van der Waals surface area contributed by atoms with Crippen molar-refractivity contribution in [1.82, 2.24) is 0 Å². The minimum Gasteiger partial charge on any atom is -0.154 e. The third kappa shape index (κ3) is 3.75. The van der Waals surface area contributed by atoms with Crippen LogP contribution >= 0.6 is 23.5 Å². The number of hydrogen-bond donors (Lipinski definition) is 0. The van der Waals surface area contributed by atoms with Gasteiger partial charge in [0.1, 0.15) is 0 Å². The van der Waals surface area contributed by atoms with Gasteiger partial charge in [-0.15, -0.1) is 11.8 Å². The van der Waals surface area contributed by atoms with Gasteiger partial charge in [-0.2, -0.15) is 11.8 Å². The lowest BCUT2D eigenvalue weighted by atomic mass is 9.91. The van der Waals surface area contributed by atoms with Crippen molar-refractivity contribution in [2.75, 3.05) is 11.3 Å². The molecule has 1 saturated carbocycles. The molecule has 0 aromatic carbocycles. The molecule has 0 saturated heterocycles. The van der Waals surface area contributed by atoms with Crippen LogP contribution < -0.4 is 0 Å². The summed E-state index contributed by atoms with van der Waals surface area (Å²) in [6.45, 7) is 2.39. The van der Waals surface area contributed by atoms with Crippen LogP contribution in [0.15, 0.2) is 0 Å². The minimum absolute atomic E-state index is 0.978. The van der Waals surface area contributed by atoms with Gasteiger partial charge in [0, 0.05) is 10.3 Å². The molecule has 2 unspecified atom stereocenters. The van der Waals surface area contributed by atoms with E-state index in [1.807, 2.05) is 11.8 Å². The molecule has 1 rings (SSSR count). The first-order chi connectivity index (χ1) is 5.33. The van der Waals surface area contributed by atoms with Gasteiger partial charge in [0.2, 0.25) is 0 Å². The maximum atomic E-state index is 2.39. The summed E-state index contributed by atoms with van der Waals surface area (Å²) >= 11 is 4.12. The summed E-state index contributed by atoms with van der Waals surface area (Å²) in [5.41, 5.74) is 0. The van der Waals surface area contributed by atoms with Gasteiger partial charge in [0.15, 0.2) is 0 Å². The van der Waals surface area contributed by atoms with E-state index in [4.69, 9.17) is 0 Å². The second-order valence-corrected chi connectivity index (χ2v) is 5.99. The molecule has 1 aliphatic rings. The lowest BCUT2D eigenvalue weighted by Gasteiger charge is -2.25. The Morgan fingerprint density at radius 2 is 2.18 bits per heavy atom. The largest absolute Gasteiger partial charge is 0.154 e. The fourth-order valence-corrected chi connectivity index (χ4v) is 3.81. The molecule has 0 bridgehead atoms. The summed E-state index contributed by atoms with van der Waals surface area (Å²) in [5.74, 6) is 0.989. The van der Waals surface area contributed by atoms with E-state index in [1.54, 1.807) is 0 Å². The first kappa shape index (κ1) is 9.79. The molecule has 0 spiro atoms. The van der Waals surface area contributed by atoms with E-state index >= 15 is 0 Å². The SMILES string of the molecule is CSCSC1CCCC(C)C1. The summed E-state index contributed by atoms with van der Waals surface area (Å²) in [7, 11) is 0. The second kappa shape index (κ2) is 5.36. The fraction of sp³-hybridized carbons (Fsp3) is 1.00. The van der Waals surface area contributed by atoms with Gasteiger partial charge < -0.3 is 0 Å². The van der Waals surface area contributed by atoms with E-state index in [-0.39, 0.29) is 0 Å². The molecule has 0 radical (unpaired) electrons. The highest BCUT2D eigenvalue weighted by atomic mass is 32.2. The van der Waals surface area contributed by atoms with Crippen molar-refractivity contribution in [3.05, 3.63) is 0 Å². The molecule has 66 valence electrons. The standard InChI is InChI=1S/C9H18S2/c1-8-4-3-5-9(6-8)11-7-10-2/h8-9H,3-7H2,1-2H3. The van der Waals surface area contributed by atoms with Gasteiger partial charge in [0.05, 0.1) is 0 Å². The fourth-order valence-electron chi connectivity index (χ4n) is 1.69. The average Bonchev–Trinajstić information content (AvgIpc) is 2.01. The molecule has 11 heavy (non-hydrogen) atoms. The Hall–Kier alpha value is 0.700. The maximum absolute atomic E-state index is 2.39. The van der Waals surface area contributed by atoms with Crippen molar-refractivity contribution in [3.63, 3.8) is 0 Å². The predicted molar refractivity (Wildman–Crippen MR) is 57.4 cm³/mol. The highest BCUT2D eigenvalue weighted by Crippen LogP contribution is 2.32. The van der Waals surface area contributed by atoms with Crippen LogP contribution in [0.4, 0.5) is 0 Å². The number of hydrogen-bond acceptors (Lipinski definition) is 2. The van der Waals surface area contributed by atoms with Gasteiger partial charge in [-0.3, -0.25) is 0 Å². The Morgan fingerprint density at radius 1 is 1.36 bits per heavy atom. The molecule has 0 aromatic heterocycles. The first-order valence-electron chi connectivity index (χ1n) is 4.43. The van der Waals surface area contributed by atoms with E-state index in [2.05, 4.69) is 24.9 Å². The van der Waals surface area contributed by atoms with Gasteiger partial charge in [-0.25, -0.2) is 0 Å². The zero-order valence-electron chi connectivity index (χ0n) is 7.51. The van der Waals surface area contributed by atoms with Crippen LogP contribution in [0.2, 0.25) is 0 Å². The first-order valence-corrected chi connectivity index (χ1v) is 6.87. The molecule has 1 aliphatic carbocycles. The summed E-state index contributed by atoms with van der Waals surface area (Å²) in [6, 6.07) is 0. The lowest BCUT2D eigenvalue weighted by molar-refractivity contribution is 0.394. The molecule has 0 aromatic rings. The highest BCUT2D eigenvalue weighted by molar-refractivity contribution is 8.15. The third-order valence-electron chi connectivity index (χ3n) is 2.31. The molecule has 0 heterocycles. The molecule has 0 N–H and O–H groups in total. The zero-order valence-corrected chi connectivity index (χ0v) is 9.14. The summed E-state index contributed by atoms with van der Waals surface area (Å²) < 4.78 is 0. The van der Waals surface area contributed by atoms with Crippen LogP contribution in [0.1, 0.15) is 32.6 Å². The number of thioether (sulfide) groups is 2. The van der Waals surface area contributed by atoms with E-state index in [0.717, 1.165) is 11.2 Å². The molecule has 2 heteroatoms. The van der Waals surface area contributed by atoms with Crippen LogP contribution in [0.3, 0.4) is 0 Å². The Kier molecular flexibility index (Phi) is 4.77. The topological polar surface area (TPSA) is 0 Å². The summed E-state index contributed by atoms with van der Waals surface area (Å²) in [6.07, 6.45) is 8.06. The molecule has 0 aliphatic heterocycles. The van der Waals surface area contributed by atoms with Crippen molar-refractivity contribution in [2.24, 2.45) is 5.92 Å². The minimum atomic E-state index is 0.978. The van der Waals surface area contributed by atoms with Gasteiger partial charge >= 0.3 is 0 Å². The van der Waals surface area contributed by atoms with Crippen LogP contribution in [0.25, 0.3) is 0 Å². The van der Waals surface area contributed by atoms with Gasteiger partial charge in [0.25, 0.3) is 0 Å². The molecular weight excluding hydrogens is 172 g/mol. The smallest absolute Gasteiger partial charge is 0.0392 e. The molecule has 1 fully saturated rings. The highest BCUT2D eigenvalue weighted by Gasteiger charge is 2.18. The van der Waals surface area contributed by atoms with E-state index in [1.165, 1.54) is 30.8 Å². The predicted octanol–water partition coefficient (Wildman–Crippen LogP) is 3.62. The van der Waals surface area contributed by atoms with Crippen molar-refractivity contribution < 1.29 is 0 Å². The summed E-state index contributed by atoms with van der Waals surface area (Å²) in [5, 5.41) is 2.27. The maximum Gasteiger partial charge on any atom is 0.0392 e. The van der Waals surface area contributed by atoms with Crippen molar-refractivity contribution >= 4 is 23.5 Å². The number of rotatable bonds is 3. The molecular formula is C9H18S2.